The molecule has 0 aromatic carbocycles. The standard InChI is InChI=1S/C10H15N3O/c1-10(6-12-13-9(11)14)5-7-2-3-8(10)4-7/h2-3,6-8H,4-5H2,1H3,(H3,11,13,14)/b12-6-. The second-order valence-corrected chi connectivity index (χ2v) is 4.43. The molecular formula is C10H15N3O. The van der Waals surface area contributed by atoms with Crippen LogP contribution < -0.4 is 11.2 Å². The quantitative estimate of drug-likeness (QED) is 0.387. The second kappa shape index (κ2) is 3.12. The number of nitrogens with zero attached hydrogens (tertiary/aromatic N) is 1. The second-order valence-electron chi connectivity index (χ2n) is 4.43. The Morgan fingerprint density at radius 2 is 2.50 bits per heavy atom. The fraction of sp³-hybridized carbons (Fsp3) is 0.600. The maximum Gasteiger partial charge on any atom is 0.332 e. The van der Waals surface area contributed by atoms with E-state index in [0.29, 0.717) is 11.8 Å². The molecule has 0 saturated heterocycles. The number of primary amides is 1. The summed E-state index contributed by atoms with van der Waals surface area (Å²) < 4.78 is 0. The van der Waals surface area contributed by atoms with Crippen LogP contribution in [0.1, 0.15) is 19.8 Å². The Labute approximate surface area is 83.2 Å². The van der Waals surface area contributed by atoms with Crippen molar-refractivity contribution in [3.05, 3.63) is 12.2 Å². The van der Waals surface area contributed by atoms with E-state index < -0.39 is 6.03 Å². The Morgan fingerprint density at radius 1 is 1.71 bits per heavy atom. The fourth-order valence-corrected chi connectivity index (χ4v) is 2.52. The van der Waals surface area contributed by atoms with Crippen LogP contribution in [0.15, 0.2) is 17.3 Å². The number of rotatable bonds is 2. The zero-order valence-corrected chi connectivity index (χ0v) is 8.23. The molecule has 0 aromatic rings. The van der Waals surface area contributed by atoms with Gasteiger partial charge >= 0.3 is 6.03 Å². The van der Waals surface area contributed by atoms with Crippen LogP contribution in [0.25, 0.3) is 0 Å². The number of urea groups is 1. The number of hydrazone groups is 1. The molecular weight excluding hydrogens is 178 g/mol. The fourth-order valence-electron chi connectivity index (χ4n) is 2.52. The van der Waals surface area contributed by atoms with Crippen molar-refractivity contribution in [2.75, 3.05) is 0 Å². The molecule has 2 aliphatic carbocycles. The van der Waals surface area contributed by atoms with Gasteiger partial charge in [0.1, 0.15) is 0 Å². The molecule has 0 aromatic heterocycles. The Kier molecular flexibility index (Phi) is 2.06. The summed E-state index contributed by atoms with van der Waals surface area (Å²) in [6.07, 6.45) is 8.70. The third kappa shape index (κ3) is 1.52. The minimum atomic E-state index is -0.608. The lowest BCUT2D eigenvalue weighted by Crippen LogP contribution is -2.28. The molecule has 0 aliphatic heterocycles. The molecule has 0 radical (unpaired) electrons. The minimum absolute atomic E-state index is 0.0991. The van der Waals surface area contributed by atoms with Crippen LogP contribution in [0.5, 0.6) is 0 Å². The van der Waals surface area contributed by atoms with E-state index >= 15 is 0 Å². The van der Waals surface area contributed by atoms with Gasteiger partial charge in [-0.25, -0.2) is 10.2 Å². The van der Waals surface area contributed by atoms with Gasteiger partial charge in [0.25, 0.3) is 0 Å². The molecule has 0 heterocycles. The molecule has 3 N–H and O–H groups in total. The molecule has 1 saturated carbocycles. The van der Waals surface area contributed by atoms with E-state index in [4.69, 9.17) is 5.73 Å². The molecule has 2 bridgehead atoms. The van der Waals surface area contributed by atoms with Gasteiger partial charge < -0.3 is 5.73 Å². The third-order valence-electron chi connectivity index (χ3n) is 3.26. The van der Waals surface area contributed by atoms with Crippen LogP contribution in [0, 0.1) is 17.3 Å². The van der Waals surface area contributed by atoms with E-state index in [2.05, 4.69) is 29.6 Å². The SMILES string of the molecule is CC1(/C=N\NC(N)=O)CC2C=CC1C2. The first-order valence-electron chi connectivity index (χ1n) is 4.88. The molecule has 3 atom stereocenters. The van der Waals surface area contributed by atoms with E-state index in [1.807, 2.05) is 6.21 Å². The molecule has 2 rings (SSSR count). The van der Waals surface area contributed by atoms with Crippen molar-refractivity contribution in [1.82, 2.24) is 5.43 Å². The van der Waals surface area contributed by atoms with E-state index in [9.17, 15) is 4.79 Å². The molecule has 4 heteroatoms. The van der Waals surface area contributed by atoms with Crippen molar-refractivity contribution in [2.45, 2.75) is 19.8 Å². The van der Waals surface area contributed by atoms with Crippen LogP contribution in [0.3, 0.4) is 0 Å². The van der Waals surface area contributed by atoms with Gasteiger partial charge in [-0.15, -0.1) is 0 Å². The maximum absolute atomic E-state index is 10.4. The molecule has 4 nitrogen and oxygen atoms in total. The average Bonchev–Trinajstić information content (AvgIpc) is 2.62. The van der Waals surface area contributed by atoms with Gasteiger partial charge in [-0.3, -0.25) is 0 Å². The van der Waals surface area contributed by atoms with Crippen molar-refractivity contribution in [1.29, 1.82) is 0 Å². The number of hydrogen-bond acceptors (Lipinski definition) is 2. The van der Waals surface area contributed by atoms with Gasteiger partial charge in [0.15, 0.2) is 0 Å². The lowest BCUT2D eigenvalue weighted by Gasteiger charge is -2.26. The first-order chi connectivity index (χ1) is 6.60. The van der Waals surface area contributed by atoms with Crippen LogP contribution >= 0.6 is 0 Å². The average molecular weight is 193 g/mol. The van der Waals surface area contributed by atoms with E-state index in [1.165, 1.54) is 6.42 Å². The van der Waals surface area contributed by atoms with Gasteiger partial charge in [-0.05, 0) is 24.7 Å². The topological polar surface area (TPSA) is 67.5 Å². The van der Waals surface area contributed by atoms with E-state index in [0.717, 1.165) is 6.42 Å². The normalized spacial score (nSPS) is 39.5. The minimum Gasteiger partial charge on any atom is -0.350 e. The highest BCUT2D eigenvalue weighted by Crippen LogP contribution is 2.50. The number of carbonyl (C=O) groups excluding carboxylic acids is 1. The van der Waals surface area contributed by atoms with E-state index in [1.54, 1.807) is 0 Å². The van der Waals surface area contributed by atoms with Crippen molar-refractivity contribution in [3.8, 4) is 0 Å². The summed E-state index contributed by atoms with van der Waals surface area (Å²) in [4.78, 5) is 10.4. The largest absolute Gasteiger partial charge is 0.350 e. The molecule has 2 aliphatic rings. The first-order valence-corrected chi connectivity index (χ1v) is 4.88. The van der Waals surface area contributed by atoms with Crippen LogP contribution in [-0.2, 0) is 0 Å². The monoisotopic (exact) mass is 193 g/mol. The summed E-state index contributed by atoms with van der Waals surface area (Å²) >= 11 is 0. The molecule has 3 unspecified atom stereocenters. The van der Waals surface area contributed by atoms with Crippen LogP contribution in [0.2, 0.25) is 0 Å². The molecule has 14 heavy (non-hydrogen) atoms. The highest BCUT2D eigenvalue weighted by atomic mass is 16.2. The lowest BCUT2D eigenvalue weighted by molar-refractivity contribution is 0.249. The van der Waals surface area contributed by atoms with Crippen LogP contribution in [-0.4, -0.2) is 12.2 Å². The Hall–Kier alpha value is -1.32. The number of hydrogen-bond donors (Lipinski definition) is 2. The maximum atomic E-state index is 10.4. The zero-order valence-electron chi connectivity index (χ0n) is 8.23. The number of nitrogens with one attached hydrogen (secondary N) is 1. The molecule has 1 fully saturated rings. The van der Waals surface area contributed by atoms with Crippen molar-refractivity contribution in [3.63, 3.8) is 0 Å². The van der Waals surface area contributed by atoms with Gasteiger partial charge in [-0.1, -0.05) is 19.1 Å². The summed E-state index contributed by atoms with van der Waals surface area (Å²) in [5.74, 6) is 1.27. The van der Waals surface area contributed by atoms with Gasteiger partial charge in [0, 0.05) is 11.6 Å². The number of amides is 2. The molecule has 0 spiro atoms. The number of fused-ring (bicyclic) bond motifs is 2. The highest BCUT2D eigenvalue weighted by molar-refractivity contribution is 5.74. The van der Waals surface area contributed by atoms with E-state index in [-0.39, 0.29) is 5.41 Å². The Morgan fingerprint density at radius 3 is 3.00 bits per heavy atom. The number of allylic oxidation sites excluding steroid dienone is 2. The number of nitrogens with two attached hydrogens (primary N) is 1. The van der Waals surface area contributed by atoms with Crippen molar-refractivity contribution >= 4 is 12.2 Å². The Bertz CT molecular complexity index is 310. The molecule has 2 amide bonds. The molecule has 76 valence electrons. The van der Waals surface area contributed by atoms with Crippen LogP contribution in [0.4, 0.5) is 4.79 Å². The predicted octanol–water partition coefficient (Wildman–Crippen LogP) is 1.24. The summed E-state index contributed by atoms with van der Waals surface area (Å²) in [6, 6.07) is -0.608. The summed E-state index contributed by atoms with van der Waals surface area (Å²) in [5.41, 5.74) is 7.26. The summed E-state index contributed by atoms with van der Waals surface area (Å²) in [7, 11) is 0. The third-order valence-corrected chi connectivity index (χ3v) is 3.26. The summed E-state index contributed by atoms with van der Waals surface area (Å²) in [6.45, 7) is 2.17. The van der Waals surface area contributed by atoms with Gasteiger partial charge in [0.2, 0.25) is 0 Å². The van der Waals surface area contributed by atoms with Crippen molar-refractivity contribution in [2.24, 2.45) is 28.1 Å². The predicted molar refractivity (Wildman–Crippen MR) is 54.7 cm³/mol. The highest BCUT2D eigenvalue weighted by Gasteiger charge is 2.43. The lowest BCUT2D eigenvalue weighted by atomic mass is 9.79. The smallest absolute Gasteiger partial charge is 0.332 e. The number of carbonyl (C=O) groups is 1. The van der Waals surface area contributed by atoms with Gasteiger partial charge in [0.05, 0.1) is 0 Å². The van der Waals surface area contributed by atoms with Crippen molar-refractivity contribution < 1.29 is 4.79 Å². The Balaban J connectivity index is 2.00. The van der Waals surface area contributed by atoms with Gasteiger partial charge in [-0.2, -0.15) is 5.10 Å². The first kappa shape index (κ1) is 9.24. The zero-order chi connectivity index (χ0) is 10.2. The summed E-state index contributed by atoms with van der Waals surface area (Å²) in [5, 5.41) is 3.86.